The quantitative estimate of drug-likeness (QED) is 0.607. The van der Waals surface area contributed by atoms with Gasteiger partial charge in [-0.25, -0.2) is 4.79 Å². The van der Waals surface area contributed by atoms with Crippen molar-refractivity contribution in [1.29, 1.82) is 0 Å². The van der Waals surface area contributed by atoms with Gasteiger partial charge in [0.15, 0.2) is 0 Å². The smallest absolute Gasteiger partial charge is 0.339 e. The van der Waals surface area contributed by atoms with E-state index in [0.717, 1.165) is 10.1 Å². The Kier molecular flexibility index (Phi) is 1.30. The Morgan fingerprint density at radius 1 is 1.58 bits per heavy atom. The van der Waals surface area contributed by atoms with Crippen LogP contribution in [0.25, 0.3) is 10.9 Å². The van der Waals surface area contributed by atoms with E-state index in [-0.39, 0.29) is 0 Å². The van der Waals surface area contributed by atoms with E-state index >= 15 is 0 Å². The predicted molar refractivity (Wildman–Crippen MR) is 42.5 cm³/mol. The van der Waals surface area contributed by atoms with Crippen LogP contribution in [0.2, 0.25) is 0 Å². The Labute approximate surface area is 67.8 Å². The summed E-state index contributed by atoms with van der Waals surface area (Å²) in [5.41, 5.74) is 5.73. The normalized spacial score (nSPS) is 10.3. The molecule has 0 radical (unpaired) electrons. The number of fused-ring (bicyclic) bond motifs is 1. The average molecular weight is 162 g/mol. The van der Waals surface area contributed by atoms with E-state index in [1.807, 2.05) is 0 Å². The molecule has 5 nitrogen and oxygen atoms in total. The SMILES string of the molecule is NC(=O)n1cc2cnccc2n1. The summed E-state index contributed by atoms with van der Waals surface area (Å²) in [5, 5.41) is 4.72. The maximum absolute atomic E-state index is 10.7. The molecule has 0 aliphatic rings. The number of rotatable bonds is 0. The molecule has 0 atom stereocenters. The van der Waals surface area contributed by atoms with E-state index < -0.39 is 6.03 Å². The van der Waals surface area contributed by atoms with Gasteiger partial charge in [-0.3, -0.25) is 4.98 Å². The molecule has 2 aromatic heterocycles. The van der Waals surface area contributed by atoms with Gasteiger partial charge < -0.3 is 5.73 Å². The lowest BCUT2D eigenvalue weighted by Crippen LogP contribution is -2.19. The van der Waals surface area contributed by atoms with E-state index in [1.165, 1.54) is 0 Å². The van der Waals surface area contributed by atoms with Crippen molar-refractivity contribution in [2.45, 2.75) is 0 Å². The van der Waals surface area contributed by atoms with Crippen molar-refractivity contribution >= 4 is 16.9 Å². The summed E-state index contributed by atoms with van der Waals surface area (Å²) in [6.45, 7) is 0. The molecule has 0 aliphatic heterocycles. The van der Waals surface area contributed by atoms with Gasteiger partial charge in [-0.2, -0.15) is 9.78 Å². The molecular weight excluding hydrogens is 156 g/mol. The van der Waals surface area contributed by atoms with Gasteiger partial charge in [-0.1, -0.05) is 0 Å². The van der Waals surface area contributed by atoms with Crippen molar-refractivity contribution in [3.63, 3.8) is 0 Å². The summed E-state index contributed by atoms with van der Waals surface area (Å²) in [4.78, 5) is 14.6. The van der Waals surface area contributed by atoms with Crippen molar-refractivity contribution in [3.8, 4) is 0 Å². The lowest BCUT2D eigenvalue weighted by atomic mass is 10.3. The molecular formula is C7H6N4O. The van der Waals surface area contributed by atoms with Crippen LogP contribution in [0.1, 0.15) is 0 Å². The fourth-order valence-corrected chi connectivity index (χ4v) is 0.979. The number of aromatic nitrogens is 3. The van der Waals surface area contributed by atoms with Gasteiger partial charge in [-0.05, 0) is 6.07 Å². The Hall–Kier alpha value is -1.91. The lowest BCUT2D eigenvalue weighted by molar-refractivity contribution is 0.248. The van der Waals surface area contributed by atoms with Crippen LogP contribution in [0.5, 0.6) is 0 Å². The molecule has 0 bridgehead atoms. The summed E-state index contributed by atoms with van der Waals surface area (Å²) in [6, 6.07) is 1.13. The molecule has 0 aromatic carbocycles. The number of hydrogen-bond acceptors (Lipinski definition) is 3. The summed E-state index contributed by atoms with van der Waals surface area (Å²) in [7, 11) is 0. The Morgan fingerprint density at radius 3 is 3.08 bits per heavy atom. The van der Waals surface area contributed by atoms with Crippen LogP contribution in [-0.2, 0) is 0 Å². The van der Waals surface area contributed by atoms with Gasteiger partial charge in [0.2, 0.25) is 0 Å². The zero-order chi connectivity index (χ0) is 8.55. The highest BCUT2D eigenvalue weighted by molar-refractivity contribution is 5.82. The molecule has 60 valence electrons. The molecule has 0 fully saturated rings. The van der Waals surface area contributed by atoms with Crippen LogP contribution in [0.15, 0.2) is 24.7 Å². The van der Waals surface area contributed by atoms with Crippen LogP contribution >= 0.6 is 0 Å². The minimum atomic E-state index is -0.591. The highest BCUT2D eigenvalue weighted by Gasteiger charge is 2.02. The maximum atomic E-state index is 10.7. The zero-order valence-electron chi connectivity index (χ0n) is 6.14. The third kappa shape index (κ3) is 0.914. The number of carbonyl (C=O) groups is 1. The molecule has 0 unspecified atom stereocenters. The summed E-state index contributed by atoms with van der Waals surface area (Å²) >= 11 is 0. The highest BCUT2D eigenvalue weighted by atomic mass is 16.2. The summed E-state index contributed by atoms with van der Waals surface area (Å²) < 4.78 is 1.09. The molecule has 0 aliphatic carbocycles. The molecule has 0 saturated carbocycles. The number of nitrogens with two attached hydrogens (primary N) is 1. The van der Waals surface area contributed by atoms with E-state index in [9.17, 15) is 4.79 Å². The minimum Gasteiger partial charge on any atom is -0.350 e. The molecule has 12 heavy (non-hydrogen) atoms. The third-order valence-electron chi connectivity index (χ3n) is 1.53. The van der Waals surface area contributed by atoms with Crippen molar-refractivity contribution in [2.75, 3.05) is 0 Å². The van der Waals surface area contributed by atoms with Gasteiger partial charge in [0.05, 0.1) is 5.52 Å². The minimum absolute atomic E-state index is 0.591. The first-order valence-electron chi connectivity index (χ1n) is 3.36. The summed E-state index contributed by atoms with van der Waals surface area (Å²) in [6.07, 6.45) is 4.78. The predicted octanol–water partition coefficient (Wildman–Crippen LogP) is 0.358. The van der Waals surface area contributed by atoms with Crippen molar-refractivity contribution < 1.29 is 4.79 Å². The van der Waals surface area contributed by atoms with Crippen LogP contribution in [0.3, 0.4) is 0 Å². The maximum Gasteiger partial charge on any atom is 0.339 e. The van der Waals surface area contributed by atoms with Crippen LogP contribution in [-0.4, -0.2) is 20.8 Å². The molecule has 2 aromatic rings. The van der Waals surface area contributed by atoms with Gasteiger partial charge in [0.1, 0.15) is 0 Å². The van der Waals surface area contributed by atoms with Crippen LogP contribution in [0.4, 0.5) is 4.79 Å². The number of nitrogens with zero attached hydrogens (tertiary/aromatic N) is 3. The molecule has 2 N–H and O–H groups in total. The number of carbonyl (C=O) groups excluding carboxylic acids is 1. The second-order valence-corrected chi connectivity index (χ2v) is 2.35. The molecule has 0 saturated heterocycles. The molecule has 5 heteroatoms. The first-order valence-corrected chi connectivity index (χ1v) is 3.36. The van der Waals surface area contributed by atoms with E-state index in [2.05, 4.69) is 10.1 Å². The first kappa shape index (κ1) is 6.78. The Balaban J connectivity index is 2.70. The fraction of sp³-hybridized carbons (Fsp3) is 0. The van der Waals surface area contributed by atoms with Gasteiger partial charge in [-0.15, -0.1) is 0 Å². The number of pyridine rings is 1. The second kappa shape index (κ2) is 2.30. The standard InChI is InChI=1S/C7H6N4O/c8-7(12)11-4-5-3-9-2-1-6(5)10-11/h1-4H,(H2,8,12). The third-order valence-corrected chi connectivity index (χ3v) is 1.53. The summed E-state index contributed by atoms with van der Waals surface area (Å²) in [5.74, 6) is 0. The van der Waals surface area contributed by atoms with Crippen LogP contribution in [0, 0.1) is 0 Å². The molecule has 0 spiro atoms. The van der Waals surface area contributed by atoms with Gasteiger partial charge >= 0.3 is 6.03 Å². The average Bonchev–Trinajstić information content (AvgIpc) is 2.46. The number of primary amides is 1. The van der Waals surface area contributed by atoms with E-state index in [4.69, 9.17) is 5.73 Å². The second-order valence-electron chi connectivity index (χ2n) is 2.35. The van der Waals surface area contributed by atoms with Crippen molar-refractivity contribution in [1.82, 2.24) is 14.8 Å². The van der Waals surface area contributed by atoms with Crippen molar-refractivity contribution in [2.24, 2.45) is 5.73 Å². The first-order chi connectivity index (χ1) is 5.77. The van der Waals surface area contributed by atoms with Crippen molar-refractivity contribution in [3.05, 3.63) is 24.7 Å². The molecule has 2 rings (SSSR count). The fourth-order valence-electron chi connectivity index (χ4n) is 0.979. The monoisotopic (exact) mass is 162 g/mol. The van der Waals surface area contributed by atoms with E-state index in [1.54, 1.807) is 24.7 Å². The van der Waals surface area contributed by atoms with Crippen LogP contribution < -0.4 is 5.73 Å². The number of hydrogen-bond donors (Lipinski definition) is 1. The highest BCUT2D eigenvalue weighted by Crippen LogP contribution is 2.07. The largest absolute Gasteiger partial charge is 0.350 e. The number of amides is 1. The lowest BCUT2D eigenvalue weighted by Gasteiger charge is -1.87. The molecule has 2 heterocycles. The zero-order valence-corrected chi connectivity index (χ0v) is 6.14. The Morgan fingerprint density at radius 2 is 2.42 bits per heavy atom. The van der Waals surface area contributed by atoms with Gasteiger partial charge in [0, 0.05) is 24.0 Å². The van der Waals surface area contributed by atoms with E-state index in [0.29, 0.717) is 5.52 Å². The molecule has 1 amide bonds. The Bertz CT molecular complexity index is 401. The topological polar surface area (TPSA) is 73.8 Å². The van der Waals surface area contributed by atoms with Gasteiger partial charge in [0.25, 0.3) is 0 Å².